The molecular weight excluding hydrogens is 520 g/mol. The number of ether oxygens (including phenoxy) is 1. The molecule has 4 aliphatic carbocycles. The Labute approximate surface area is 247 Å². The van der Waals surface area contributed by atoms with Crippen molar-refractivity contribution in [1.82, 2.24) is 0 Å². The lowest BCUT2D eigenvalue weighted by Gasteiger charge is -2.57. The van der Waals surface area contributed by atoms with Crippen LogP contribution in [0.1, 0.15) is 71.1 Å². The molecule has 42 heavy (non-hydrogen) atoms. The van der Waals surface area contributed by atoms with Crippen LogP contribution < -0.4 is 0 Å². The summed E-state index contributed by atoms with van der Waals surface area (Å²) in [5.41, 5.74) is 7.12. The molecule has 0 aromatic heterocycles. The molecule has 4 heteroatoms. The lowest BCUT2D eigenvalue weighted by molar-refractivity contribution is -0.133. The summed E-state index contributed by atoms with van der Waals surface area (Å²) < 4.78 is 5.10. The third kappa shape index (κ3) is 4.54. The van der Waals surface area contributed by atoms with E-state index in [9.17, 15) is 14.7 Å². The summed E-state index contributed by atoms with van der Waals surface area (Å²) in [6.45, 7) is 4.17. The van der Waals surface area contributed by atoms with Gasteiger partial charge >= 0.3 is 11.9 Å². The summed E-state index contributed by atoms with van der Waals surface area (Å²) in [5.74, 6) is 1.03. The first-order valence-electron chi connectivity index (χ1n) is 15.1. The number of carboxylic acids is 1. The Morgan fingerprint density at radius 1 is 0.833 bits per heavy atom. The van der Waals surface area contributed by atoms with Crippen LogP contribution in [0.5, 0.6) is 0 Å². The number of fused-ring (bicyclic) bond motifs is 1. The van der Waals surface area contributed by atoms with Crippen LogP contribution in [0.2, 0.25) is 0 Å². The zero-order valence-electron chi connectivity index (χ0n) is 24.1. The number of hydrogen-bond donors (Lipinski definition) is 1. The minimum absolute atomic E-state index is 0.0765. The molecule has 0 amide bonds. The van der Waals surface area contributed by atoms with Gasteiger partial charge < -0.3 is 9.84 Å². The summed E-state index contributed by atoms with van der Waals surface area (Å²) in [6, 6.07) is 26.5. The molecule has 4 aromatic rings. The first-order chi connectivity index (χ1) is 20.3. The first kappa shape index (κ1) is 26.7. The number of carboxylic acid groups (broad SMARTS) is 1. The normalized spacial score (nSPS) is 24.1. The Hall–Kier alpha value is -4.18. The van der Waals surface area contributed by atoms with E-state index in [0.29, 0.717) is 17.6 Å². The molecule has 8 rings (SSSR count). The van der Waals surface area contributed by atoms with Crippen molar-refractivity contribution in [2.24, 2.45) is 17.8 Å². The summed E-state index contributed by atoms with van der Waals surface area (Å²) in [7, 11) is 1.42. The SMILES string of the molecule is C=C(C(=O)OC)c1ccc(-c2ccc3c(Cc4ccccc4)c(C(=O)O)ccc3c2)cc1C12CC3CC(CC(C3)C1)C2. The van der Waals surface area contributed by atoms with E-state index in [0.717, 1.165) is 56.3 Å². The predicted molar refractivity (Wildman–Crippen MR) is 166 cm³/mol. The Bertz CT molecular complexity index is 1700. The lowest BCUT2D eigenvalue weighted by Crippen LogP contribution is -2.49. The van der Waals surface area contributed by atoms with Crippen molar-refractivity contribution in [1.29, 1.82) is 0 Å². The maximum Gasteiger partial charge on any atom is 0.337 e. The van der Waals surface area contributed by atoms with Gasteiger partial charge in [0.05, 0.1) is 18.2 Å². The molecule has 4 aromatic carbocycles. The number of carbonyl (C=O) groups is 2. The molecule has 4 saturated carbocycles. The fraction of sp³-hybridized carbons (Fsp3) is 0.316. The fourth-order valence-electron chi connectivity index (χ4n) is 8.86. The molecule has 0 atom stereocenters. The average molecular weight is 557 g/mol. The zero-order chi connectivity index (χ0) is 29.0. The van der Waals surface area contributed by atoms with Gasteiger partial charge in [-0.1, -0.05) is 67.2 Å². The molecule has 4 nitrogen and oxygen atoms in total. The highest BCUT2D eigenvalue weighted by Gasteiger charge is 2.52. The van der Waals surface area contributed by atoms with Crippen LogP contribution in [0, 0.1) is 17.8 Å². The largest absolute Gasteiger partial charge is 0.478 e. The Balaban J connectivity index is 1.34. The Morgan fingerprint density at radius 3 is 2.10 bits per heavy atom. The van der Waals surface area contributed by atoms with Crippen molar-refractivity contribution in [3.05, 3.63) is 113 Å². The minimum atomic E-state index is -0.909. The van der Waals surface area contributed by atoms with E-state index in [4.69, 9.17) is 4.74 Å². The standard InChI is InChI=1S/C38H36O4/c1-23(37(41)42-2)31-11-8-29(19-35(31)38-20-25-14-26(21-38)16-27(15-25)22-38)28-9-12-32-30(18-28)10-13-33(36(39)40)34(32)17-24-6-4-3-5-7-24/h3-13,18-19,25-27H,1,14-17,20-22H2,2H3,(H,39,40). The number of hydrogen-bond acceptors (Lipinski definition) is 3. The quantitative estimate of drug-likeness (QED) is 0.183. The Morgan fingerprint density at radius 2 is 1.45 bits per heavy atom. The van der Waals surface area contributed by atoms with Gasteiger partial charge in [-0.3, -0.25) is 0 Å². The molecule has 0 unspecified atom stereocenters. The fourth-order valence-corrected chi connectivity index (χ4v) is 8.86. The second-order valence-corrected chi connectivity index (χ2v) is 12.9. The van der Waals surface area contributed by atoms with Crippen LogP contribution in [0.25, 0.3) is 27.5 Å². The number of carbonyl (C=O) groups excluding carboxylic acids is 1. The molecule has 0 spiro atoms. The number of methoxy groups -OCH3 is 1. The Kier molecular flexibility index (Phi) is 6.53. The number of benzene rings is 4. The topological polar surface area (TPSA) is 63.6 Å². The molecular formula is C38H36O4. The zero-order valence-corrected chi connectivity index (χ0v) is 24.1. The molecule has 0 aliphatic heterocycles. The molecule has 212 valence electrons. The molecule has 0 radical (unpaired) electrons. The third-order valence-corrected chi connectivity index (χ3v) is 10.3. The number of rotatable bonds is 7. The van der Waals surface area contributed by atoms with Gasteiger partial charge in [0.15, 0.2) is 0 Å². The summed E-state index contributed by atoms with van der Waals surface area (Å²) in [6.07, 6.45) is 8.15. The van der Waals surface area contributed by atoms with Crippen molar-refractivity contribution in [3.8, 4) is 11.1 Å². The monoisotopic (exact) mass is 556 g/mol. The molecule has 0 heterocycles. The molecule has 4 fully saturated rings. The van der Waals surface area contributed by atoms with Crippen molar-refractivity contribution in [2.75, 3.05) is 7.11 Å². The predicted octanol–water partition coefficient (Wildman–Crippen LogP) is 8.45. The second-order valence-electron chi connectivity index (χ2n) is 12.9. The molecule has 1 N–H and O–H groups in total. The summed E-state index contributed by atoms with van der Waals surface area (Å²) in [5, 5.41) is 11.9. The van der Waals surface area contributed by atoms with Gasteiger partial charge in [0, 0.05) is 0 Å². The highest BCUT2D eigenvalue weighted by atomic mass is 16.5. The van der Waals surface area contributed by atoms with Crippen molar-refractivity contribution < 1.29 is 19.4 Å². The summed E-state index contributed by atoms with van der Waals surface area (Å²) >= 11 is 0. The molecule has 4 aliphatic rings. The van der Waals surface area contributed by atoms with E-state index < -0.39 is 5.97 Å². The average Bonchev–Trinajstić information content (AvgIpc) is 2.99. The van der Waals surface area contributed by atoms with E-state index in [2.05, 4.69) is 43.0 Å². The van der Waals surface area contributed by atoms with Crippen LogP contribution in [0.3, 0.4) is 0 Å². The summed E-state index contributed by atoms with van der Waals surface area (Å²) in [4.78, 5) is 24.8. The second kappa shape index (κ2) is 10.3. The smallest absolute Gasteiger partial charge is 0.337 e. The van der Waals surface area contributed by atoms with Crippen molar-refractivity contribution in [3.63, 3.8) is 0 Å². The molecule has 4 bridgehead atoms. The van der Waals surface area contributed by atoms with E-state index >= 15 is 0 Å². The van der Waals surface area contributed by atoms with Gasteiger partial charge in [-0.15, -0.1) is 0 Å². The minimum Gasteiger partial charge on any atom is -0.478 e. The lowest BCUT2D eigenvalue weighted by atomic mass is 9.47. The molecule has 0 saturated heterocycles. The van der Waals surface area contributed by atoms with E-state index in [1.807, 2.05) is 36.4 Å². The van der Waals surface area contributed by atoms with Crippen LogP contribution in [0.4, 0.5) is 0 Å². The van der Waals surface area contributed by atoms with Crippen LogP contribution >= 0.6 is 0 Å². The van der Waals surface area contributed by atoms with E-state index in [1.54, 1.807) is 6.07 Å². The number of aromatic carboxylic acids is 1. The third-order valence-electron chi connectivity index (χ3n) is 10.3. The van der Waals surface area contributed by atoms with Gasteiger partial charge in [-0.25, -0.2) is 9.59 Å². The van der Waals surface area contributed by atoms with Gasteiger partial charge in [0.25, 0.3) is 0 Å². The number of esters is 1. The van der Waals surface area contributed by atoms with Gasteiger partial charge in [-0.05, 0) is 130 Å². The van der Waals surface area contributed by atoms with E-state index in [-0.39, 0.29) is 11.4 Å². The first-order valence-corrected chi connectivity index (χ1v) is 15.1. The van der Waals surface area contributed by atoms with Crippen LogP contribution in [-0.4, -0.2) is 24.2 Å². The van der Waals surface area contributed by atoms with Crippen molar-refractivity contribution >= 4 is 28.3 Å². The van der Waals surface area contributed by atoms with Gasteiger partial charge in [0.1, 0.15) is 0 Å². The highest BCUT2D eigenvalue weighted by molar-refractivity contribution is 6.16. The maximum atomic E-state index is 12.7. The highest BCUT2D eigenvalue weighted by Crippen LogP contribution is 2.61. The van der Waals surface area contributed by atoms with Crippen molar-refractivity contribution in [2.45, 2.75) is 50.4 Å². The van der Waals surface area contributed by atoms with Crippen LogP contribution in [0.15, 0.2) is 85.4 Å². The van der Waals surface area contributed by atoms with Gasteiger partial charge in [-0.2, -0.15) is 0 Å². The van der Waals surface area contributed by atoms with Gasteiger partial charge in [0.2, 0.25) is 0 Å². The van der Waals surface area contributed by atoms with Crippen LogP contribution in [-0.2, 0) is 21.4 Å². The maximum absolute atomic E-state index is 12.7. The van der Waals surface area contributed by atoms with E-state index in [1.165, 1.54) is 51.2 Å².